The molecule has 0 unspecified atom stereocenters. The molecule has 0 aromatic carbocycles. The molecule has 0 atom stereocenters. The second-order valence-electron chi connectivity index (χ2n) is 3.61. The first kappa shape index (κ1) is 9.01. The topological polar surface area (TPSA) is 21.3 Å². The fourth-order valence-electron chi connectivity index (χ4n) is 1.67. The number of hydrogen-bond acceptors (Lipinski definition) is 2. The summed E-state index contributed by atoms with van der Waals surface area (Å²) in [5.74, 6) is 0. The van der Waals surface area contributed by atoms with Gasteiger partial charge >= 0.3 is 0 Å². The third-order valence-electron chi connectivity index (χ3n) is 2.46. The molecule has 0 amide bonds. The molecule has 1 aliphatic carbocycles. The zero-order valence-electron chi connectivity index (χ0n) is 7.65. The minimum absolute atomic E-state index is 0.205. The lowest BCUT2D eigenvalue weighted by atomic mass is 10.1. The van der Waals surface area contributed by atoms with E-state index in [1.807, 2.05) is 7.05 Å². The second-order valence-corrected chi connectivity index (χ2v) is 3.61. The van der Waals surface area contributed by atoms with Crippen LogP contribution in [0.15, 0.2) is 0 Å². The van der Waals surface area contributed by atoms with Crippen LogP contribution in [-0.2, 0) is 4.74 Å². The maximum Gasteiger partial charge on any atom is 0.0655 e. The summed E-state index contributed by atoms with van der Waals surface area (Å²) in [5.41, 5.74) is 0.205. The van der Waals surface area contributed by atoms with E-state index in [-0.39, 0.29) is 5.60 Å². The molecule has 0 bridgehead atoms. The Hall–Kier alpha value is -0.0800. The molecule has 0 heterocycles. The number of likely N-dealkylation sites (N-methyl/N-ethyl adjacent to an activating group) is 1. The van der Waals surface area contributed by atoms with E-state index in [1.54, 1.807) is 0 Å². The lowest BCUT2D eigenvalue weighted by Crippen LogP contribution is -2.28. The smallest absolute Gasteiger partial charge is 0.0655 e. The average molecular weight is 157 g/mol. The highest BCUT2D eigenvalue weighted by Gasteiger charge is 2.28. The van der Waals surface area contributed by atoms with E-state index in [0.717, 1.165) is 13.2 Å². The first-order valence-electron chi connectivity index (χ1n) is 4.55. The third-order valence-corrected chi connectivity index (χ3v) is 2.46. The molecule has 0 saturated heterocycles. The molecule has 0 aromatic heterocycles. The van der Waals surface area contributed by atoms with Crippen molar-refractivity contribution in [1.82, 2.24) is 5.32 Å². The molecular weight excluding hydrogens is 138 g/mol. The molecule has 0 radical (unpaired) electrons. The van der Waals surface area contributed by atoms with Crippen molar-refractivity contribution in [2.45, 2.75) is 38.2 Å². The minimum atomic E-state index is 0.205. The van der Waals surface area contributed by atoms with Crippen LogP contribution in [0.4, 0.5) is 0 Å². The predicted molar refractivity (Wildman–Crippen MR) is 46.8 cm³/mol. The molecular formula is C9H19NO. The largest absolute Gasteiger partial charge is 0.374 e. The maximum atomic E-state index is 5.77. The van der Waals surface area contributed by atoms with Crippen molar-refractivity contribution in [3.8, 4) is 0 Å². The van der Waals surface area contributed by atoms with Gasteiger partial charge < -0.3 is 10.1 Å². The highest BCUT2D eigenvalue weighted by Crippen LogP contribution is 2.32. The van der Waals surface area contributed by atoms with E-state index in [0.29, 0.717) is 0 Å². The highest BCUT2D eigenvalue weighted by molar-refractivity contribution is 4.81. The van der Waals surface area contributed by atoms with Gasteiger partial charge in [0, 0.05) is 6.54 Å². The molecule has 0 aliphatic heterocycles. The van der Waals surface area contributed by atoms with Crippen molar-refractivity contribution in [2.75, 3.05) is 20.2 Å². The zero-order valence-corrected chi connectivity index (χ0v) is 7.65. The van der Waals surface area contributed by atoms with Gasteiger partial charge in [-0.15, -0.1) is 0 Å². The van der Waals surface area contributed by atoms with Gasteiger partial charge in [0.1, 0.15) is 0 Å². The first-order valence-corrected chi connectivity index (χ1v) is 4.55. The van der Waals surface area contributed by atoms with E-state index in [4.69, 9.17) is 4.74 Å². The molecule has 2 nitrogen and oxygen atoms in total. The minimum Gasteiger partial charge on any atom is -0.374 e. The van der Waals surface area contributed by atoms with Gasteiger partial charge in [0.15, 0.2) is 0 Å². The van der Waals surface area contributed by atoms with E-state index >= 15 is 0 Å². The van der Waals surface area contributed by atoms with Crippen LogP contribution in [-0.4, -0.2) is 25.8 Å². The SMILES string of the molecule is CNCCOC1(C)CCCC1. The molecule has 1 saturated carbocycles. The second kappa shape index (κ2) is 4.07. The van der Waals surface area contributed by atoms with E-state index in [1.165, 1.54) is 25.7 Å². The van der Waals surface area contributed by atoms with E-state index in [9.17, 15) is 0 Å². The molecule has 11 heavy (non-hydrogen) atoms. The Morgan fingerprint density at radius 1 is 1.36 bits per heavy atom. The summed E-state index contributed by atoms with van der Waals surface area (Å²) in [7, 11) is 1.96. The Morgan fingerprint density at radius 3 is 2.55 bits per heavy atom. The Balaban J connectivity index is 2.13. The fraction of sp³-hybridized carbons (Fsp3) is 1.00. The van der Waals surface area contributed by atoms with Gasteiger partial charge in [0.25, 0.3) is 0 Å². The zero-order chi connectivity index (χ0) is 8.16. The van der Waals surface area contributed by atoms with Crippen molar-refractivity contribution in [2.24, 2.45) is 0 Å². The van der Waals surface area contributed by atoms with Gasteiger partial charge in [0.2, 0.25) is 0 Å². The third kappa shape index (κ3) is 2.80. The number of rotatable bonds is 4. The summed E-state index contributed by atoms with van der Waals surface area (Å²) in [4.78, 5) is 0. The molecule has 1 N–H and O–H groups in total. The Morgan fingerprint density at radius 2 is 2.00 bits per heavy atom. The monoisotopic (exact) mass is 157 g/mol. The van der Waals surface area contributed by atoms with Crippen molar-refractivity contribution in [1.29, 1.82) is 0 Å². The van der Waals surface area contributed by atoms with Crippen LogP contribution in [0.25, 0.3) is 0 Å². The Labute approximate surface area is 69.3 Å². The summed E-state index contributed by atoms with van der Waals surface area (Å²) in [6.07, 6.45) is 5.18. The molecule has 0 spiro atoms. The summed E-state index contributed by atoms with van der Waals surface area (Å²) in [6.45, 7) is 4.05. The lowest BCUT2D eigenvalue weighted by molar-refractivity contribution is -0.0237. The van der Waals surface area contributed by atoms with Gasteiger partial charge in [-0.25, -0.2) is 0 Å². The van der Waals surface area contributed by atoms with Crippen LogP contribution in [0.3, 0.4) is 0 Å². The normalized spacial score (nSPS) is 22.4. The lowest BCUT2D eigenvalue weighted by Gasteiger charge is -2.23. The molecule has 1 aliphatic rings. The predicted octanol–water partition coefficient (Wildman–Crippen LogP) is 1.56. The van der Waals surface area contributed by atoms with Crippen LogP contribution < -0.4 is 5.32 Å². The van der Waals surface area contributed by atoms with Crippen LogP contribution in [0.5, 0.6) is 0 Å². The van der Waals surface area contributed by atoms with Crippen molar-refractivity contribution >= 4 is 0 Å². The van der Waals surface area contributed by atoms with Crippen LogP contribution in [0, 0.1) is 0 Å². The van der Waals surface area contributed by atoms with Gasteiger partial charge in [-0.05, 0) is 26.8 Å². The van der Waals surface area contributed by atoms with E-state index < -0.39 is 0 Å². The summed E-state index contributed by atoms with van der Waals surface area (Å²) >= 11 is 0. The number of nitrogens with one attached hydrogen (secondary N) is 1. The quantitative estimate of drug-likeness (QED) is 0.625. The number of ether oxygens (including phenoxy) is 1. The highest BCUT2D eigenvalue weighted by atomic mass is 16.5. The average Bonchev–Trinajstić information content (AvgIpc) is 2.38. The first-order chi connectivity index (χ1) is 5.27. The van der Waals surface area contributed by atoms with Crippen LogP contribution >= 0.6 is 0 Å². The van der Waals surface area contributed by atoms with E-state index in [2.05, 4.69) is 12.2 Å². The molecule has 0 aromatic rings. The van der Waals surface area contributed by atoms with Crippen LogP contribution in [0.2, 0.25) is 0 Å². The van der Waals surface area contributed by atoms with Gasteiger partial charge in [-0.2, -0.15) is 0 Å². The number of hydrogen-bond donors (Lipinski definition) is 1. The molecule has 1 rings (SSSR count). The molecule has 66 valence electrons. The van der Waals surface area contributed by atoms with Gasteiger partial charge in [0.05, 0.1) is 12.2 Å². The Bertz CT molecular complexity index is 108. The van der Waals surface area contributed by atoms with Crippen LogP contribution in [0.1, 0.15) is 32.6 Å². The fourth-order valence-corrected chi connectivity index (χ4v) is 1.67. The van der Waals surface area contributed by atoms with Crippen molar-refractivity contribution in [3.05, 3.63) is 0 Å². The molecule has 2 heteroatoms. The summed E-state index contributed by atoms with van der Waals surface area (Å²) in [5, 5.41) is 3.08. The van der Waals surface area contributed by atoms with Crippen molar-refractivity contribution < 1.29 is 4.74 Å². The summed E-state index contributed by atoms with van der Waals surface area (Å²) < 4.78 is 5.77. The maximum absolute atomic E-state index is 5.77. The van der Waals surface area contributed by atoms with Gasteiger partial charge in [-0.1, -0.05) is 12.8 Å². The Kier molecular flexibility index (Phi) is 3.34. The standard InChI is InChI=1S/C9H19NO/c1-9(5-3-4-6-9)11-8-7-10-2/h10H,3-8H2,1-2H3. The van der Waals surface area contributed by atoms with Gasteiger partial charge in [-0.3, -0.25) is 0 Å². The summed E-state index contributed by atoms with van der Waals surface area (Å²) in [6, 6.07) is 0. The molecule has 1 fully saturated rings. The van der Waals surface area contributed by atoms with Crippen molar-refractivity contribution in [3.63, 3.8) is 0 Å².